The van der Waals surface area contributed by atoms with Crippen molar-refractivity contribution < 1.29 is 9.57 Å². The Hall–Kier alpha value is -0.120. The Bertz CT molecular complexity index is 102. The van der Waals surface area contributed by atoms with Gasteiger partial charge in [0.15, 0.2) is 0 Å². The lowest BCUT2D eigenvalue weighted by Gasteiger charge is -2.25. The first-order valence-electron chi connectivity index (χ1n) is 4.16. The molecule has 1 fully saturated rings. The van der Waals surface area contributed by atoms with E-state index in [0.717, 1.165) is 19.8 Å². The van der Waals surface area contributed by atoms with Crippen molar-refractivity contribution in [3.05, 3.63) is 0 Å². The van der Waals surface area contributed by atoms with Crippen LogP contribution in [0.15, 0.2) is 0 Å². The van der Waals surface area contributed by atoms with E-state index in [1.807, 2.05) is 12.1 Å². The van der Waals surface area contributed by atoms with E-state index < -0.39 is 0 Å². The molecular weight excluding hydrogens is 142 g/mol. The van der Waals surface area contributed by atoms with E-state index in [2.05, 4.69) is 0 Å². The molecule has 1 heterocycles. The Morgan fingerprint density at radius 2 is 2.45 bits per heavy atom. The third-order valence-corrected chi connectivity index (χ3v) is 2.08. The first-order chi connectivity index (χ1) is 5.33. The zero-order chi connectivity index (χ0) is 8.10. The molecule has 0 N–H and O–H groups in total. The fourth-order valence-corrected chi connectivity index (χ4v) is 1.39. The maximum Gasteiger partial charge on any atom is 0.0575 e. The van der Waals surface area contributed by atoms with Gasteiger partial charge in [0.1, 0.15) is 0 Å². The Kier molecular flexibility index (Phi) is 3.83. The van der Waals surface area contributed by atoms with Gasteiger partial charge in [-0.1, -0.05) is 0 Å². The Labute approximate surface area is 68.2 Å². The van der Waals surface area contributed by atoms with Crippen LogP contribution in [-0.2, 0) is 9.57 Å². The highest BCUT2D eigenvalue weighted by atomic mass is 16.7. The summed E-state index contributed by atoms with van der Waals surface area (Å²) in [6.07, 6.45) is 2.47. The summed E-state index contributed by atoms with van der Waals surface area (Å²) in [7, 11) is 3.65. The van der Waals surface area contributed by atoms with Crippen LogP contribution in [0.5, 0.6) is 0 Å². The topological polar surface area (TPSA) is 21.7 Å². The van der Waals surface area contributed by atoms with E-state index in [4.69, 9.17) is 9.57 Å². The van der Waals surface area contributed by atoms with Gasteiger partial charge in [0.2, 0.25) is 0 Å². The average Bonchev–Trinajstić information content (AvgIpc) is 2.06. The number of nitrogens with zero attached hydrogens (tertiary/aromatic N) is 1. The highest BCUT2D eigenvalue weighted by Gasteiger charge is 2.15. The summed E-state index contributed by atoms with van der Waals surface area (Å²) in [5.74, 6) is 0.661. The molecule has 0 bridgehead atoms. The van der Waals surface area contributed by atoms with Gasteiger partial charge < -0.3 is 9.57 Å². The molecule has 0 aliphatic carbocycles. The van der Waals surface area contributed by atoms with E-state index in [1.165, 1.54) is 12.8 Å². The molecule has 66 valence electrons. The van der Waals surface area contributed by atoms with Gasteiger partial charge in [0.05, 0.1) is 13.7 Å². The van der Waals surface area contributed by atoms with E-state index in [-0.39, 0.29) is 0 Å². The molecule has 0 radical (unpaired) electrons. The molecule has 0 aromatic rings. The predicted molar refractivity (Wildman–Crippen MR) is 43.2 cm³/mol. The quantitative estimate of drug-likeness (QED) is 0.571. The van der Waals surface area contributed by atoms with Crippen LogP contribution >= 0.6 is 0 Å². The lowest BCUT2D eigenvalue weighted by Crippen LogP contribution is -2.30. The van der Waals surface area contributed by atoms with Crippen LogP contribution in [0.2, 0.25) is 0 Å². The second-order valence-corrected chi connectivity index (χ2v) is 3.08. The van der Waals surface area contributed by atoms with Gasteiger partial charge in [-0.15, -0.1) is 0 Å². The summed E-state index contributed by atoms with van der Waals surface area (Å²) in [5.41, 5.74) is 0. The van der Waals surface area contributed by atoms with Crippen LogP contribution in [0, 0.1) is 5.92 Å². The summed E-state index contributed by atoms with van der Waals surface area (Å²) in [4.78, 5) is 5.03. The molecule has 3 nitrogen and oxygen atoms in total. The van der Waals surface area contributed by atoms with Crippen molar-refractivity contribution in [2.45, 2.75) is 12.8 Å². The van der Waals surface area contributed by atoms with Crippen molar-refractivity contribution in [1.82, 2.24) is 5.06 Å². The zero-order valence-electron chi connectivity index (χ0n) is 7.38. The van der Waals surface area contributed by atoms with E-state index >= 15 is 0 Å². The summed E-state index contributed by atoms with van der Waals surface area (Å²) < 4.78 is 5.35. The van der Waals surface area contributed by atoms with Crippen LogP contribution in [0.25, 0.3) is 0 Å². The minimum Gasteiger partial charge on any atom is -0.381 e. The van der Waals surface area contributed by atoms with Crippen molar-refractivity contribution in [1.29, 1.82) is 0 Å². The first-order valence-corrected chi connectivity index (χ1v) is 4.16. The fourth-order valence-electron chi connectivity index (χ4n) is 1.39. The van der Waals surface area contributed by atoms with Crippen LogP contribution < -0.4 is 0 Å². The van der Waals surface area contributed by atoms with Crippen LogP contribution in [0.1, 0.15) is 12.8 Å². The van der Waals surface area contributed by atoms with Crippen LogP contribution in [0.3, 0.4) is 0 Å². The summed E-state index contributed by atoms with van der Waals surface area (Å²) in [5, 5.41) is 1.86. The van der Waals surface area contributed by atoms with Gasteiger partial charge in [0, 0.05) is 20.2 Å². The fraction of sp³-hybridized carbons (Fsp3) is 1.00. The molecule has 0 amide bonds. The molecule has 1 aliphatic rings. The largest absolute Gasteiger partial charge is 0.381 e. The van der Waals surface area contributed by atoms with Crippen LogP contribution in [0.4, 0.5) is 0 Å². The van der Waals surface area contributed by atoms with Gasteiger partial charge >= 0.3 is 0 Å². The minimum absolute atomic E-state index is 0.661. The lowest BCUT2D eigenvalue weighted by atomic mass is 10.0. The van der Waals surface area contributed by atoms with Crippen molar-refractivity contribution in [2.24, 2.45) is 5.92 Å². The standard InChI is InChI=1S/C8H17NO2/c1-9(10-2)6-8-4-3-5-11-7-8/h8H,3-7H2,1-2H3. The van der Waals surface area contributed by atoms with Crippen molar-refractivity contribution in [3.63, 3.8) is 0 Å². The van der Waals surface area contributed by atoms with E-state index in [0.29, 0.717) is 5.92 Å². The van der Waals surface area contributed by atoms with Gasteiger partial charge in [0.25, 0.3) is 0 Å². The Balaban J connectivity index is 2.13. The molecule has 11 heavy (non-hydrogen) atoms. The van der Waals surface area contributed by atoms with Crippen molar-refractivity contribution >= 4 is 0 Å². The van der Waals surface area contributed by atoms with E-state index in [9.17, 15) is 0 Å². The summed E-state index contributed by atoms with van der Waals surface area (Å²) in [6, 6.07) is 0. The molecule has 1 rings (SSSR count). The second-order valence-electron chi connectivity index (χ2n) is 3.08. The van der Waals surface area contributed by atoms with Crippen LogP contribution in [-0.4, -0.2) is 39.0 Å². The first kappa shape index (κ1) is 8.97. The van der Waals surface area contributed by atoms with Crippen molar-refractivity contribution in [3.8, 4) is 0 Å². The van der Waals surface area contributed by atoms with Crippen molar-refractivity contribution in [2.75, 3.05) is 33.9 Å². The Morgan fingerprint density at radius 1 is 1.64 bits per heavy atom. The average molecular weight is 159 g/mol. The molecule has 1 aliphatic heterocycles. The lowest BCUT2D eigenvalue weighted by molar-refractivity contribution is -0.127. The highest BCUT2D eigenvalue weighted by Crippen LogP contribution is 2.13. The van der Waals surface area contributed by atoms with Gasteiger partial charge in [-0.2, -0.15) is 5.06 Å². The number of rotatable bonds is 3. The normalized spacial score (nSPS) is 25.9. The SMILES string of the molecule is CON(C)CC1CCCOC1. The van der Waals surface area contributed by atoms with Gasteiger partial charge in [-0.05, 0) is 18.8 Å². The molecule has 1 unspecified atom stereocenters. The maximum atomic E-state index is 5.35. The monoisotopic (exact) mass is 159 g/mol. The predicted octanol–water partition coefficient (Wildman–Crippen LogP) is 0.906. The number of ether oxygens (including phenoxy) is 1. The second kappa shape index (κ2) is 4.70. The Morgan fingerprint density at radius 3 is 3.00 bits per heavy atom. The summed E-state index contributed by atoms with van der Waals surface area (Å²) >= 11 is 0. The van der Waals surface area contributed by atoms with Gasteiger partial charge in [-0.25, -0.2) is 0 Å². The third-order valence-electron chi connectivity index (χ3n) is 2.08. The van der Waals surface area contributed by atoms with E-state index in [1.54, 1.807) is 7.11 Å². The molecule has 0 saturated carbocycles. The molecule has 0 spiro atoms. The highest BCUT2D eigenvalue weighted by molar-refractivity contribution is 4.63. The molecule has 0 aromatic heterocycles. The molecule has 1 saturated heterocycles. The molecular formula is C8H17NO2. The molecule has 0 aromatic carbocycles. The smallest absolute Gasteiger partial charge is 0.0575 e. The zero-order valence-corrected chi connectivity index (χ0v) is 7.38. The third kappa shape index (κ3) is 3.18. The number of hydrogen-bond acceptors (Lipinski definition) is 3. The number of hydrogen-bond donors (Lipinski definition) is 0. The maximum absolute atomic E-state index is 5.35. The molecule has 3 heteroatoms. The molecule has 1 atom stereocenters. The summed E-state index contributed by atoms with van der Waals surface area (Å²) in [6.45, 7) is 2.82. The number of hydroxylamine groups is 2. The van der Waals surface area contributed by atoms with Gasteiger partial charge in [-0.3, -0.25) is 0 Å². The minimum atomic E-state index is 0.661.